The average molecular weight is 303 g/mol. The van der Waals surface area contributed by atoms with Crippen LogP contribution in [0.5, 0.6) is 0 Å². The van der Waals surface area contributed by atoms with Crippen molar-refractivity contribution in [3.63, 3.8) is 0 Å². The molecule has 21 heavy (non-hydrogen) atoms. The molecule has 1 aliphatic carbocycles. The molecule has 0 atom stereocenters. The van der Waals surface area contributed by atoms with Crippen LogP contribution in [-0.2, 0) is 0 Å². The van der Waals surface area contributed by atoms with Gasteiger partial charge < -0.3 is 16.0 Å². The summed E-state index contributed by atoms with van der Waals surface area (Å²) in [5.74, 6) is -0.309. The van der Waals surface area contributed by atoms with Gasteiger partial charge >= 0.3 is 6.03 Å². The van der Waals surface area contributed by atoms with Crippen LogP contribution < -0.4 is 16.0 Å². The van der Waals surface area contributed by atoms with E-state index in [4.69, 9.17) is 0 Å². The number of hydrogen-bond acceptors (Lipinski definition) is 5. The summed E-state index contributed by atoms with van der Waals surface area (Å²) >= 11 is 0.982. The Morgan fingerprint density at radius 3 is 2.33 bits per heavy atom. The predicted molar refractivity (Wildman–Crippen MR) is 79.5 cm³/mol. The minimum absolute atomic E-state index is 0.206. The first-order valence-corrected chi connectivity index (χ1v) is 7.20. The fraction of sp³-hybridized carbons (Fsp3) is 0.231. The van der Waals surface area contributed by atoms with Crippen molar-refractivity contribution in [3.8, 4) is 0 Å². The van der Waals surface area contributed by atoms with Gasteiger partial charge in [0.15, 0.2) is 5.69 Å². The van der Waals surface area contributed by atoms with Gasteiger partial charge in [-0.2, -0.15) is 8.75 Å². The molecule has 7 nitrogen and oxygen atoms in total. The second kappa shape index (κ2) is 5.88. The molecule has 0 unspecified atom stereocenters. The molecule has 1 heterocycles. The lowest BCUT2D eigenvalue weighted by Gasteiger charge is -2.08. The quantitative estimate of drug-likeness (QED) is 0.805. The van der Waals surface area contributed by atoms with Gasteiger partial charge in [-0.25, -0.2) is 4.79 Å². The van der Waals surface area contributed by atoms with Gasteiger partial charge in [0, 0.05) is 17.4 Å². The molecular formula is C13H13N5O2S. The van der Waals surface area contributed by atoms with Gasteiger partial charge in [-0.15, -0.1) is 0 Å². The molecule has 3 rings (SSSR count). The SMILES string of the molecule is O=C(Nc1ccc(NC(=O)c2cnsn2)cc1)NC1CC1. The summed E-state index contributed by atoms with van der Waals surface area (Å²) in [5.41, 5.74) is 1.58. The summed E-state index contributed by atoms with van der Waals surface area (Å²) in [6, 6.07) is 6.98. The summed E-state index contributed by atoms with van der Waals surface area (Å²) in [4.78, 5) is 23.4. The fourth-order valence-corrected chi connectivity index (χ4v) is 2.09. The molecule has 0 aliphatic heterocycles. The molecule has 0 spiro atoms. The highest BCUT2D eigenvalue weighted by Crippen LogP contribution is 2.19. The highest BCUT2D eigenvalue weighted by Gasteiger charge is 2.23. The summed E-state index contributed by atoms with van der Waals surface area (Å²) in [5, 5.41) is 8.28. The van der Waals surface area contributed by atoms with Crippen LogP contribution in [-0.4, -0.2) is 26.7 Å². The highest BCUT2D eigenvalue weighted by molar-refractivity contribution is 6.99. The number of nitrogens with zero attached hydrogens (tertiary/aromatic N) is 2. The van der Waals surface area contributed by atoms with Crippen molar-refractivity contribution in [2.75, 3.05) is 10.6 Å². The molecule has 3 amide bonds. The standard InChI is InChI=1S/C13H13N5O2S/c19-12(11-7-14-21-18-11)15-8-1-3-9(4-2-8)16-13(20)17-10-5-6-10/h1-4,7,10H,5-6H2,(H,15,19)(H2,16,17,20). The van der Waals surface area contributed by atoms with Gasteiger partial charge in [0.1, 0.15) is 0 Å². The van der Waals surface area contributed by atoms with Gasteiger partial charge in [-0.05, 0) is 37.1 Å². The number of nitrogens with one attached hydrogen (secondary N) is 3. The lowest BCUT2D eigenvalue weighted by molar-refractivity contribution is 0.102. The minimum atomic E-state index is -0.309. The van der Waals surface area contributed by atoms with E-state index in [1.165, 1.54) is 6.20 Å². The van der Waals surface area contributed by atoms with Crippen LogP contribution in [0.4, 0.5) is 16.2 Å². The van der Waals surface area contributed by atoms with Crippen molar-refractivity contribution >= 4 is 35.0 Å². The van der Waals surface area contributed by atoms with Crippen LogP contribution in [0.2, 0.25) is 0 Å². The van der Waals surface area contributed by atoms with E-state index in [-0.39, 0.29) is 17.6 Å². The number of amides is 3. The van der Waals surface area contributed by atoms with Crippen molar-refractivity contribution in [3.05, 3.63) is 36.2 Å². The van der Waals surface area contributed by atoms with Crippen LogP contribution in [0.1, 0.15) is 23.3 Å². The lowest BCUT2D eigenvalue weighted by atomic mass is 10.2. The molecule has 0 radical (unpaired) electrons. The van der Waals surface area contributed by atoms with Crippen molar-refractivity contribution in [1.29, 1.82) is 0 Å². The molecule has 1 aromatic carbocycles. The number of rotatable bonds is 4. The molecule has 1 saturated carbocycles. The lowest BCUT2D eigenvalue weighted by Crippen LogP contribution is -2.30. The second-order valence-electron chi connectivity index (χ2n) is 4.70. The zero-order valence-corrected chi connectivity index (χ0v) is 11.8. The molecule has 1 aliphatic rings. The van der Waals surface area contributed by atoms with Crippen molar-refractivity contribution in [2.45, 2.75) is 18.9 Å². The Morgan fingerprint density at radius 1 is 1.10 bits per heavy atom. The summed E-state index contributed by atoms with van der Waals surface area (Å²) in [6.45, 7) is 0. The number of carbonyl (C=O) groups is 2. The molecular weight excluding hydrogens is 290 g/mol. The molecule has 108 valence electrons. The van der Waals surface area contributed by atoms with Gasteiger partial charge in [0.25, 0.3) is 5.91 Å². The maximum atomic E-state index is 11.8. The van der Waals surface area contributed by atoms with E-state index in [0.29, 0.717) is 17.4 Å². The van der Waals surface area contributed by atoms with E-state index in [0.717, 1.165) is 24.6 Å². The molecule has 1 aromatic heterocycles. The zero-order valence-electron chi connectivity index (χ0n) is 11.0. The zero-order chi connectivity index (χ0) is 14.7. The first-order valence-electron chi connectivity index (χ1n) is 6.47. The molecule has 0 saturated heterocycles. The second-order valence-corrected chi connectivity index (χ2v) is 5.25. The monoisotopic (exact) mass is 303 g/mol. The Kier molecular flexibility index (Phi) is 3.78. The molecule has 8 heteroatoms. The number of carbonyl (C=O) groups excluding carboxylic acids is 2. The first kappa shape index (κ1) is 13.5. The van der Waals surface area contributed by atoms with Gasteiger partial charge in [0.2, 0.25) is 0 Å². The van der Waals surface area contributed by atoms with Crippen LogP contribution in [0.25, 0.3) is 0 Å². The third-order valence-electron chi connectivity index (χ3n) is 2.91. The van der Waals surface area contributed by atoms with E-state index in [2.05, 4.69) is 24.7 Å². The molecule has 0 bridgehead atoms. The molecule has 3 N–H and O–H groups in total. The molecule has 1 fully saturated rings. The topological polar surface area (TPSA) is 96.0 Å². The highest BCUT2D eigenvalue weighted by atomic mass is 32.1. The smallest absolute Gasteiger partial charge is 0.319 e. The van der Waals surface area contributed by atoms with Crippen LogP contribution in [0, 0.1) is 0 Å². The number of aromatic nitrogens is 2. The third kappa shape index (κ3) is 3.76. The van der Waals surface area contributed by atoms with Gasteiger partial charge in [-0.3, -0.25) is 4.79 Å². The summed E-state index contributed by atoms with van der Waals surface area (Å²) < 4.78 is 7.63. The van der Waals surface area contributed by atoms with Crippen molar-refractivity contribution < 1.29 is 9.59 Å². The Morgan fingerprint density at radius 2 is 1.76 bits per heavy atom. The van der Waals surface area contributed by atoms with Crippen molar-refractivity contribution in [2.24, 2.45) is 0 Å². The van der Waals surface area contributed by atoms with Gasteiger partial charge in [0.05, 0.1) is 17.9 Å². The third-order valence-corrected chi connectivity index (χ3v) is 3.39. The summed E-state index contributed by atoms with van der Waals surface area (Å²) in [7, 11) is 0. The van der Waals surface area contributed by atoms with Gasteiger partial charge in [-0.1, -0.05) is 0 Å². The van der Waals surface area contributed by atoms with E-state index in [1.807, 2.05) is 0 Å². The Labute approximate surface area is 125 Å². The molecule has 2 aromatic rings. The Bertz CT molecular complexity index is 637. The normalized spacial score (nSPS) is 13.5. The van der Waals surface area contributed by atoms with Crippen LogP contribution in [0.15, 0.2) is 30.5 Å². The number of hydrogen-bond donors (Lipinski definition) is 3. The number of benzene rings is 1. The predicted octanol–water partition coefficient (Wildman–Crippen LogP) is 2.07. The van der Waals surface area contributed by atoms with Crippen molar-refractivity contribution in [1.82, 2.24) is 14.1 Å². The maximum absolute atomic E-state index is 11.8. The average Bonchev–Trinajstić information content (AvgIpc) is 3.10. The fourth-order valence-electron chi connectivity index (χ4n) is 1.68. The van der Waals surface area contributed by atoms with E-state index < -0.39 is 0 Å². The van der Waals surface area contributed by atoms with E-state index in [1.54, 1.807) is 24.3 Å². The van der Waals surface area contributed by atoms with E-state index in [9.17, 15) is 9.59 Å². The number of urea groups is 1. The van der Waals surface area contributed by atoms with Crippen LogP contribution >= 0.6 is 11.7 Å². The Hall–Kier alpha value is -2.48. The Balaban J connectivity index is 1.56. The van der Waals surface area contributed by atoms with Crippen LogP contribution in [0.3, 0.4) is 0 Å². The first-order chi connectivity index (χ1) is 10.2. The summed E-state index contributed by atoms with van der Waals surface area (Å²) in [6.07, 6.45) is 3.51. The minimum Gasteiger partial charge on any atom is -0.335 e. The maximum Gasteiger partial charge on any atom is 0.319 e. The van der Waals surface area contributed by atoms with E-state index >= 15 is 0 Å². The largest absolute Gasteiger partial charge is 0.335 e. The number of anilines is 2.